The van der Waals surface area contributed by atoms with E-state index in [0.717, 1.165) is 34.1 Å². The molecule has 4 aromatic rings. The Labute approximate surface area is 189 Å². The number of carbonyl (C=O) groups excluding carboxylic acids is 1. The summed E-state index contributed by atoms with van der Waals surface area (Å²) < 4.78 is 7.40. The van der Waals surface area contributed by atoms with Crippen molar-refractivity contribution in [1.82, 2.24) is 14.9 Å². The van der Waals surface area contributed by atoms with Gasteiger partial charge in [-0.05, 0) is 25.0 Å². The fourth-order valence-corrected chi connectivity index (χ4v) is 5.68. The molecule has 1 amide bonds. The minimum atomic E-state index is 0.00289. The van der Waals surface area contributed by atoms with E-state index < -0.39 is 0 Å². The van der Waals surface area contributed by atoms with Gasteiger partial charge in [0.25, 0.3) is 11.1 Å². The maximum Gasteiger partial charge on any atom is 0.274 e. The van der Waals surface area contributed by atoms with Crippen LogP contribution < -0.4 is 4.74 Å². The van der Waals surface area contributed by atoms with E-state index in [1.54, 1.807) is 11.3 Å². The first-order valence-corrected chi connectivity index (χ1v) is 12.1. The second-order valence-corrected chi connectivity index (χ2v) is 9.69. The summed E-state index contributed by atoms with van der Waals surface area (Å²) in [7, 11) is 0. The van der Waals surface area contributed by atoms with E-state index in [4.69, 9.17) is 9.72 Å². The Morgan fingerprint density at radius 1 is 1.03 bits per heavy atom. The normalized spacial score (nSPS) is 14.8. The molecular weight excluding hydrogens is 426 g/mol. The highest BCUT2D eigenvalue weighted by Crippen LogP contribution is 2.34. The van der Waals surface area contributed by atoms with E-state index in [1.165, 1.54) is 27.2 Å². The molecule has 5 rings (SSSR count). The summed E-state index contributed by atoms with van der Waals surface area (Å²) in [4.78, 5) is 24.1. The van der Waals surface area contributed by atoms with Crippen molar-refractivity contribution < 1.29 is 9.53 Å². The van der Waals surface area contributed by atoms with Crippen LogP contribution in [-0.4, -0.2) is 40.0 Å². The monoisotopic (exact) mass is 449 g/mol. The van der Waals surface area contributed by atoms with Gasteiger partial charge in [-0.15, -0.1) is 11.3 Å². The van der Waals surface area contributed by atoms with Crippen molar-refractivity contribution in [1.29, 1.82) is 0 Å². The van der Waals surface area contributed by atoms with Gasteiger partial charge in [-0.25, -0.2) is 9.97 Å². The molecule has 158 valence electrons. The number of hydrogen-bond donors (Lipinski definition) is 0. The first-order chi connectivity index (χ1) is 15.1. The van der Waals surface area contributed by atoms with Crippen LogP contribution in [0.5, 0.6) is 5.19 Å². The predicted octanol–water partition coefficient (Wildman–Crippen LogP) is 5.72. The van der Waals surface area contributed by atoms with Crippen LogP contribution in [0, 0.1) is 13.8 Å². The Balaban J connectivity index is 1.22. The quantitative estimate of drug-likeness (QED) is 0.400. The van der Waals surface area contributed by atoms with Gasteiger partial charge in [0.05, 0.1) is 10.2 Å². The molecule has 1 fully saturated rings. The number of thiazole rings is 2. The second kappa shape index (κ2) is 8.40. The van der Waals surface area contributed by atoms with Crippen molar-refractivity contribution >= 4 is 38.8 Å². The molecule has 0 unspecified atom stereocenters. The highest BCUT2D eigenvalue weighted by atomic mass is 32.1. The molecule has 0 bridgehead atoms. The lowest BCUT2D eigenvalue weighted by Gasteiger charge is -2.31. The van der Waals surface area contributed by atoms with E-state index in [-0.39, 0.29) is 12.0 Å². The van der Waals surface area contributed by atoms with E-state index >= 15 is 0 Å². The van der Waals surface area contributed by atoms with Crippen molar-refractivity contribution in [2.75, 3.05) is 13.1 Å². The van der Waals surface area contributed by atoms with Gasteiger partial charge in [-0.2, -0.15) is 0 Å². The van der Waals surface area contributed by atoms with Crippen LogP contribution in [0.25, 0.3) is 20.8 Å². The van der Waals surface area contributed by atoms with Gasteiger partial charge in [0.2, 0.25) is 0 Å². The zero-order valence-electron chi connectivity index (χ0n) is 17.5. The summed E-state index contributed by atoms with van der Waals surface area (Å²) in [5, 5.41) is 3.46. The number of aryl methyl sites for hydroxylation is 2. The van der Waals surface area contributed by atoms with Gasteiger partial charge in [-0.3, -0.25) is 4.79 Å². The molecule has 2 aromatic heterocycles. The number of benzene rings is 2. The molecule has 2 aromatic carbocycles. The van der Waals surface area contributed by atoms with Gasteiger partial charge < -0.3 is 9.64 Å². The Hall–Kier alpha value is -2.77. The number of carbonyl (C=O) groups is 1. The molecule has 0 saturated carbocycles. The molecule has 1 aliphatic heterocycles. The van der Waals surface area contributed by atoms with Gasteiger partial charge in [0.1, 0.15) is 16.8 Å². The largest absolute Gasteiger partial charge is 0.467 e. The van der Waals surface area contributed by atoms with Gasteiger partial charge in [-0.1, -0.05) is 53.8 Å². The second-order valence-electron chi connectivity index (χ2n) is 7.87. The molecule has 5 nitrogen and oxygen atoms in total. The maximum absolute atomic E-state index is 12.9. The van der Waals surface area contributed by atoms with Crippen molar-refractivity contribution in [3.8, 4) is 15.8 Å². The van der Waals surface area contributed by atoms with Gasteiger partial charge in [0, 0.05) is 36.9 Å². The zero-order chi connectivity index (χ0) is 21.4. The third-order valence-corrected chi connectivity index (χ3v) is 7.64. The SMILES string of the molecule is Cc1ccc(C)c2sc(OC3CCN(C(=O)c4csc(-c5ccccc5)n4)CC3)nc12. The minimum Gasteiger partial charge on any atom is -0.467 e. The average molecular weight is 450 g/mol. The molecule has 3 heterocycles. The molecule has 0 atom stereocenters. The Morgan fingerprint density at radius 2 is 1.77 bits per heavy atom. The smallest absolute Gasteiger partial charge is 0.274 e. The van der Waals surface area contributed by atoms with Crippen molar-refractivity contribution in [2.45, 2.75) is 32.8 Å². The summed E-state index contributed by atoms with van der Waals surface area (Å²) in [6.07, 6.45) is 1.69. The maximum atomic E-state index is 12.9. The van der Waals surface area contributed by atoms with Gasteiger partial charge in [0.15, 0.2) is 0 Å². The van der Waals surface area contributed by atoms with Crippen molar-refractivity contribution in [3.63, 3.8) is 0 Å². The average Bonchev–Trinajstić information content (AvgIpc) is 3.45. The minimum absolute atomic E-state index is 0.00289. The lowest BCUT2D eigenvalue weighted by molar-refractivity contribution is 0.0591. The van der Waals surface area contributed by atoms with Crippen LogP contribution in [0.3, 0.4) is 0 Å². The summed E-state index contributed by atoms with van der Waals surface area (Å²) in [5.74, 6) is 0.00289. The highest BCUT2D eigenvalue weighted by molar-refractivity contribution is 7.20. The summed E-state index contributed by atoms with van der Waals surface area (Å²) in [6.45, 7) is 5.53. The Kier molecular flexibility index (Phi) is 5.46. The lowest BCUT2D eigenvalue weighted by atomic mass is 10.1. The van der Waals surface area contributed by atoms with E-state index in [1.807, 2.05) is 40.6 Å². The lowest BCUT2D eigenvalue weighted by Crippen LogP contribution is -2.41. The molecule has 0 aliphatic carbocycles. The number of amides is 1. The van der Waals surface area contributed by atoms with Crippen LogP contribution >= 0.6 is 22.7 Å². The van der Waals surface area contributed by atoms with Gasteiger partial charge >= 0.3 is 0 Å². The molecule has 0 N–H and O–H groups in total. The van der Waals surface area contributed by atoms with Crippen molar-refractivity contribution in [2.24, 2.45) is 0 Å². The fourth-order valence-electron chi connectivity index (χ4n) is 3.86. The highest BCUT2D eigenvalue weighted by Gasteiger charge is 2.27. The predicted molar refractivity (Wildman–Crippen MR) is 126 cm³/mol. The molecular formula is C24H23N3O2S2. The fraction of sp³-hybridized carbons (Fsp3) is 0.292. The summed E-state index contributed by atoms with van der Waals surface area (Å²) in [6, 6.07) is 14.2. The summed E-state index contributed by atoms with van der Waals surface area (Å²) in [5.41, 5.74) is 5.00. The molecule has 7 heteroatoms. The third kappa shape index (κ3) is 4.07. The number of aromatic nitrogens is 2. The number of ether oxygens (including phenoxy) is 1. The Bertz CT molecular complexity index is 1190. The van der Waals surface area contributed by atoms with Crippen LogP contribution in [0.15, 0.2) is 47.8 Å². The van der Waals surface area contributed by atoms with Crippen LogP contribution in [0.2, 0.25) is 0 Å². The third-order valence-electron chi connectivity index (χ3n) is 5.66. The first kappa shape index (κ1) is 20.2. The standard InChI is InChI=1S/C24H23N3O2S2/c1-15-8-9-16(2)21-20(15)26-24(31-21)29-18-10-12-27(13-11-18)23(28)19-14-30-22(25-19)17-6-4-3-5-7-17/h3-9,14,18H,10-13H2,1-2H3. The number of fused-ring (bicyclic) bond motifs is 1. The summed E-state index contributed by atoms with van der Waals surface area (Å²) >= 11 is 3.13. The number of hydrogen-bond acceptors (Lipinski definition) is 6. The zero-order valence-corrected chi connectivity index (χ0v) is 19.1. The van der Waals surface area contributed by atoms with E-state index in [0.29, 0.717) is 18.8 Å². The molecule has 31 heavy (non-hydrogen) atoms. The Morgan fingerprint density at radius 3 is 2.52 bits per heavy atom. The number of piperidine rings is 1. The van der Waals surface area contributed by atoms with Crippen LogP contribution in [0.4, 0.5) is 0 Å². The van der Waals surface area contributed by atoms with E-state index in [9.17, 15) is 4.79 Å². The first-order valence-electron chi connectivity index (χ1n) is 10.4. The molecule has 0 radical (unpaired) electrons. The molecule has 1 saturated heterocycles. The van der Waals surface area contributed by atoms with Crippen LogP contribution in [-0.2, 0) is 0 Å². The molecule has 0 spiro atoms. The van der Waals surface area contributed by atoms with Crippen LogP contribution in [0.1, 0.15) is 34.5 Å². The number of nitrogens with zero attached hydrogens (tertiary/aromatic N) is 3. The van der Waals surface area contributed by atoms with E-state index in [2.05, 4.69) is 31.0 Å². The number of likely N-dealkylation sites (tertiary alicyclic amines) is 1. The van der Waals surface area contributed by atoms with Crippen molar-refractivity contribution in [3.05, 3.63) is 64.7 Å². The number of rotatable bonds is 4. The topological polar surface area (TPSA) is 55.3 Å². The molecule has 1 aliphatic rings.